The molecule has 10 nitrogen and oxygen atoms in total. The van der Waals surface area contributed by atoms with E-state index in [2.05, 4.69) is 20.4 Å². The van der Waals surface area contributed by atoms with Gasteiger partial charge in [-0.05, 0) is 75.7 Å². The van der Waals surface area contributed by atoms with Gasteiger partial charge in [-0.15, -0.1) is 0 Å². The smallest absolute Gasteiger partial charge is 0.241 e. The molecule has 1 aliphatic rings. The summed E-state index contributed by atoms with van der Waals surface area (Å²) in [6, 6.07) is 11.3. The maximum absolute atomic E-state index is 12.8. The topological polar surface area (TPSA) is 108 Å². The highest BCUT2D eigenvalue weighted by molar-refractivity contribution is 5.78. The van der Waals surface area contributed by atoms with Crippen molar-refractivity contribution in [1.29, 1.82) is 0 Å². The minimum Gasteiger partial charge on any atom is -0.493 e. The van der Waals surface area contributed by atoms with Crippen LogP contribution in [0.5, 0.6) is 23.0 Å². The zero-order valence-electron chi connectivity index (χ0n) is 22.5. The lowest BCUT2D eigenvalue weighted by Crippen LogP contribution is -2.40. The first-order valence-electron chi connectivity index (χ1n) is 13.0. The summed E-state index contributed by atoms with van der Waals surface area (Å²) in [5.41, 5.74) is 1.76. The van der Waals surface area contributed by atoms with Gasteiger partial charge in [-0.3, -0.25) is 9.69 Å². The molecule has 0 unspecified atom stereocenters. The summed E-state index contributed by atoms with van der Waals surface area (Å²) in [5, 5.41) is 7.20. The number of benzene rings is 2. The van der Waals surface area contributed by atoms with Gasteiger partial charge in [0.05, 0.1) is 34.0 Å². The number of rotatable bonds is 12. The molecule has 1 saturated heterocycles. The van der Waals surface area contributed by atoms with Crippen molar-refractivity contribution in [2.75, 3.05) is 40.5 Å². The first kappa shape index (κ1) is 27.3. The molecule has 0 radical (unpaired) electrons. The van der Waals surface area contributed by atoms with Gasteiger partial charge in [0.1, 0.15) is 0 Å². The zero-order chi connectivity index (χ0) is 26.9. The van der Waals surface area contributed by atoms with Gasteiger partial charge < -0.3 is 28.8 Å². The molecule has 3 aromatic rings. The van der Waals surface area contributed by atoms with E-state index < -0.39 is 0 Å². The van der Waals surface area contributed by atoms with Crippen molar-refractivity contribution in [3.63, 3.8) is 0 Å². The average Bonchev–Trinajstić information content (AvgIpc) is 3.41. The number of methoxy groups -OCH3 is 2. The van der Waals surface area contributed by atoms with Crippen LogP contribution in [0.3, 0.4) is 0 Å². The first-order valence-corrected chi connectivity index (χ1v) is 13.0. The lowest BCUT2D eigenvalue weighted by molar-refractivity contribution is -0.126. The monoisotopic (exact) mass is 524 g/mol. The van der Waals surface area contributed by atoms with Crippen LogP contribution in [-0.2, 0) is 17.9 Å². The van der Waals surface area contributed by atoms with Crippen LogP contribution < -0.4 is 24.3 Å². The molecule has 0 saturated carbocycles. The van der Waals surface area contributed by atoms with E-state index in [0.29, 0.717) is 61.0 Å². The Hall–Kier alpha value is -3.79. The number of carbonyl (C=O) groups excluding carboxylic acids is 1. The molecule has 1 N–H and O–H groups in total. The molecular formula is C28H36N4O6. The SMILES string of the molecule is CCOc1ccc(CNC(=O)C2CCN(Cc3nc(-c4ccc(OC)c(OC)c4)no3)CC2)cc1OCC. The van der Waals surface area contributed by atoms with Crippen LogP contribution in [0, 0.1) is 5.92 Å². The summed E-state index contributed by atoms with van der Waals surface area (Å²) in [6.07, 6.45) is 1.55. The Morgan fingerprint density at radius 2 is 1.68 bits per heavy atom. The predicted molar refractivity (Wildman–Crippen MR) is 141 cm³/mol. The fraction of sp³-hybridized carbons (Fsp3) is 0.464. The molecule has 10 heteroatoms. The third-order valence-electron chi connectivity index (χ3n) is 6.50. The molecule has 2 aromatic carbocycles. The van der Waals surface area contributed by atoms with Crippen LogP contribution in [0.15, 0.2) is 40.9 Å². The number of amides is 1. The number of likely N-dealkylation sites (tertiary alicyclic amines) is 1. The van der Waals surface area contributed by atoms with Crippen LogP contribution in [0.25, 0.3) is 11.4 Å². The Labute approximate surface area is 223 Å². The summed E-state index contributed by atoms with van der Waals surface area (Å²) in [5.74, 6) is 3.75. The summed E-state index contributed by atoms with van der Waals surface area (Å²) in [7, 11) is 3.18. The number of carbonyl (C=O) groups is 1. The summed E-state index contributed by atoms with van der Waals surface area (Å²) in [4.78, 5) is 19.6. The summed E-state index contributed by atoms with van der Waals surface area (Å²) in [6.45, 7) is 7.55. The number of hydrogen-bond donors (Lipinski definition) is 1. The van der Waals surface area contributed by atoms with E-state index in [1.165, 1.54) is 0 Å². The van der Waals surface area contributed by atoms with Crippen molar-refractivity contribution in [1.82, 2.24) is 20.4 Å². The van der Waals surface area contributed by atoms with Gasteiger partial charge in [0.25, 0.3) is 0 Å². The molecular weight excluding hydrogens is 488 g/mol. The molecule has 4 rings (SSSR count). The normalized spacial score (nSPS) is 14.2. The fourth-order valence-electron chi connectivity index (χ4n) is 4.50. The number of piperidine rings is 1. The Morgan fingerprint density at radius 3 is 2.39 bits per heavy atom. The molecule has 1 fully saturated rings. The van der Waals surface area contributed by atoms with Gasteiger partial charge in [-0.1, -0.05) is 11.2 Å². The Morgan fingerprint density at radius 1 is 0.974 bits per heavy atom. The molecule has 1 aromatic heterocycles. The second-order valence-corrected chi connectivity index (χ2v) is 9.00. The van der Waals surface area contributed by atoms with Crippen LogP contribution in [0.1, 0.15) is 38.1 Å². The van der Waals surface area contributed by atoms with Gasteiger partial charge in [0.2, 0.25) is 17.6 Å². The number of hydrogen-bond acceptors (Lipinski definition) is 9. The van der Waals surface area contributed by atoms with Crippen LogP contribution in [0.4, 0.5) is 0 Å². The molecule has 0 bridgehead atoms. The van der Waals surface area contributed by atoms with E-state index in [1.807, 2.05) is 50.2 Å². The van der Waals surface area contributed by atoms with Crippen LogP contribution >= 0.6 is 0 Å². The lowest BCUT2D eigenvalue weighted by Gasteiger charge is -2.30. The minimum absolute atomic E-state index is 0.0229. The van der Waals surface area contributed by atoms with E-state index in [9.17, 15) is 4.79 Å². The highest BCUT2D eigenvalue weighted by atomic mass is 16.5. The van der Waals surface area contributed by atoms with E-state index in [4.69, 9.17) is 23.5 Å². The molecule has 204 valence electrons. The highest BCUT2D eigenvalue weighted by Gasteiger charge is 2.26. The van der Waals surface area contributed by atoms with Crippen molar-refractivity contribution in [3.8, 4) is 34.4 Å². The maximum atomic E-state index is 12.8. The summed E-state index contributed by atoms with van der Waals surface area (Å²) < 4.78 is 27.5. The third-order valence-corrected chi connectivity index (χ3v) is 6.50. The Kier molecular flexibility index (Phi) is 9.42. The zero-order valence-corrected chi connectivity index (χ0v) is 22.5. The average molecular weight is 525 g/mol. The third kappa shape index (κ3) is 6.74. The standard InChI is InChI=1S/C28H36N4O6/c1-5-36-23-9-7-19(15-25(23)37-6-2)17-29-28(33)20-11-13-32(14-12-20)18-26-30-27(31-38-26)21-8-10-22(34-3)24(16-21)35-4/h7-10,15-16,20H,5-6,11-14,17-18H2,1-4H3,(H,29,33). The largest absolute Gasteiger partial charge is 0.493 e. The highest BCUT2D eigenvalue weighted by Crippen LogP contribution is 2.31. The van der Waals surface area contributed by atoms with E-state index in [1.54, 1.807) is 14.2 Å². The second kappa shape index (κ2) is 13.1. The second-order valence-electron chi connectivity index (χ2n) is 9.00. The number of aromatic nitrogens is 2. The lowest BCUT2D eigenvalue weighted by atomic mass is 9.96. The summed E-state index contributed by atoms with van der Waals surface area (Å²) >= 11 is 0. The van der Waals surface area contributed by atoms with E-state index >= 15 is 0 Å². The van der Waals surface area contributed by atoms with Gasteiger partial charge in [-0.25, -0.2) is 0 Å². The fourth-order valence-corrected chi connectivity index (χ4v) is 4.50. The van der Waals surface area contributed by atoms with Crippen molar-refractivity contribution in [2.45, 2.75) is 39.8 Å². The first-order chi connectivity index (χ1) is 18.5. The number of nitrogens with one attached hydrogen (secondary N) is 1. The predicted octanol–water partition coefficient (Wildman–Crippen LogP) is 4.08. The van der Waals surface area contributed by atoms with Crippen molar-refractivity contribution < 1.29 is 28.3 Å². The molecule has 1 amide bonds. The van der Waals surface area contributed by atoms with Gasteiger partial charge in [0.15, 0.2) is 23.0 Å². The molecule has 1 aliphatic heterocycles. The van der Waals surface area contributed by atoms with Crippen LogP contribution in [0.2, 0.25) is 0 Å². The Bertz CT molecular complexity index is 1210. The van der Waals surface area contributed by atoms with Crippen molar-refractivity contribution >= 4 is 5.91 Å². The molecule has 0 spiro atoms. The van der Waals surface area contributed by atoms with E-state index in [0.717, 1.165) is 37.1 Å². The number of ether oxygens (including phenoxy) is 4. The van der Waals surface area contributed by atoms with Gasteiger partial charge in [0, 0.05) is 18.0 Å². The molecule has 2 heterocycles. The molecule has 38 heavy (non-hydrogen) atoms. The maximum Gasteiger partial charge on any atom is 0.241 e. The molecule has 0 aliphatic carbocycles. The quantitative estimate of drug-likeness (QED) is 0.375. The van der Waals surface area contributed by atoms with Crippen molar-refractivity contribution in [2.24, 2.45) is 5.92 Å². The minimum atomic E-state index is -0.0229. The Balaban J connectivity index is 1.26. The van der Waals surface area contributed by atoms with Crippen LogP contribution in [-0.4, -0.2) is 61.5 Å². The molecule has 0 atom stereocenters. The number of nitrogens with zero attached hydrogens (tertiary/aromatic N) is 3. The van der Waals surface area contributed by atoms with Crippen molar-refractivity contribution in [3.05, 3.63) is 47.9 Å². The van der Waals surface area contributed by atoms with Gasteiger partial charge in [-0.2, -0.15) is 4.98 Å². The van der Waals surface area contributed by atoms with Gasteiger partial charge >= 0.3 is 0 Å². The van der Waals surface area contributed by atoms with E-state index in [-0.39, 0.29) is 11.8 Å².